The number of aliphatic imine (C=N–C) groups is 1. The molecule has 0 aliphatic carbocycles. The second-order valence-electron chi connectivity index (χ2n) is 7.97. The van der Waals surface area contributed by atoms with Crippen molar-refractivity contribution in [2.24, 2.45) is 10.9 Å². The number of hydrogen-bond acceptors (Lipinski definition) is 5. The van der Waals surface area contributed by atoms with Gasteiger partial charge >= 0.3 is 0 Å². The molecule has 0 aromatic carbocycles. The van der Waals surface area contributed by atoms with Gasteiger partial charge in [0, 0.05) is 45.3 Å². The summed E-state index contributed by atoms with van der Waals surface area (Å²) in [4.78, 5) is 6.92. The number of unbranched alkanes of at least 4 members (excludes halogenated alkanes) is 3. The highest BCUT2D eigenvalue weighted by Crippen LogP contribution is 2.13. The molecule has 0 radical (unpaired) electrons. The van der Waals surface area contributed by atoms with Crippen molar-refractivity contribution >= 4 is 40.0 Å². The van der Waals surface area contributed by atoms with E-state index in [4.69, 9.17) is 9.52 Å². The summed E-state index contributed by atoms with van der Waals surface area (Å²) < 4.78 is 31.4. The van der Waals surface area contributed by atoms with Gasteiger partial charge in [0.25, 0.3) is 0 Å². The number of guanidine groups is 1. The predicted octanol–water partition coefficient (Wildman–Crippen LogP) is 3.31. The first-order valence-electron chi connectivity index (χ1n) is 10.8. The molecule has 8 nitrogen and oxygen atoms in total. The molecule has 174 valence electrons. The fraction of sp³-hybridized carbons (Fsp3) is 0.800. The Hall–Kier alpha value is -0.880. The topological polar surface area (TPSA) is 91.0 Å². The van der Waals surface area contributed by atoms with Crippen LogP contribution in [0.25, 0.3) is 0 Å². The van der Waals surface area contributed by atoms with Crippen molar-refractivity contribution in [3.05, 3.63) is 18.0 Å². The van der Waals surface area contributed by atoms with Crippen molar-refractivity contribution in [2.45, 2.75) is 58.6 Å². The maximum absolute atomic E-state index is 12.6. The molecule has 1 fully saturated rings. The molecule has 1 aromatic rings. The van der Waals surface area contributed by atoms with Crippen LogP contribution in [-0.2, 0) is 15.8 Å². The molecule has 10 heteroatoms. The van der Waals surface area contributed by atoms with Crippen molar-refractivity contribution in [1.29, 1.82) is 0 Å². The minimum Gasteiger partial charge on any atom is -0.364 e. The first-order valence-corrected chi connectivity index (χ1v) is 12.4. The Bertz CT molecular complexity index is 702. The fourth-order valence-corrected chi connectivity index (χ4v) is 4.82. The molecule has 1 aliphatic rings. The number of rotatable bonds is 11. The molecule has 1 saturated heterocycles. The Balaban J connectivity index is 0.00000450. The summed E-state index contributed by atoms with van der Waals surface area (Å²) in [6.45, 7) is 10.4. The quantitative estimate of drug-likeness (QED) is 0.195. The van der Waals surface area contributed by atoms with E-state index in [0.717, 1.165) is 31.4 Å². The van der Waals surface area contributed by atoms with Crippen LogP contribution in [-0.4, -0.2) is 68.0 Å². The van der Waals surface area contributed by atoms with E-state index in [1.165, 1.54) is 36.3 Å². The zero-order chi connectivity index (χ0) is 21.1. The van der Waals surface area contributed by atoms with Crippen LogP contribution >= 0.6 is 24.0 Å². The van der Waals surface area contributed by atoms with E-state index < -0.39 is 10.0 Å². The zero-order valence-corrected chi connectivity index (χ0v) is 21.7. The van der Waals surface area contributed by atoms with Gasteiger partial charge in [0.05, 0.1) is 5.69 Å². The molecule has 0 amide bonds. The number of aromatic nitrogens is 1. The molecule has 30 heavy (non-hydrogen) atoms. The average molecular weight is 556 g/mol. The van der Waals surface area contributed by atoms with Crippen LogP contribution in [0.3, 0.4) is 0 Å². The second-order valence-corrected chi connectivity index (χ2v) is 9.93. The molecule has 2 heterocycles. The maximum atomic E-state index is 12.6. The predicted molar refractivity (Wildman–Crippen MR) is 132 cm³/mol. The lowest BCUT2D eigenvalue weighted by molar-refractivity contribution is 0.259. The van der Waals surface area contributed by atoms with Gasteiger partial charge < -0.3 is 14.7 Å². The molecule has 1 N–H and O–H groups in total. The molecule has 0 unspecified atom stereocenters. The van der Waals surface area contributed by atoms with Crippen LogP contribution in [0.1, 0.15) is 58.6 Å². The first-order chi connectivity index (χ1) is 13.9. The third kappa shape index (κ3) is 9.51. The average Bonchev–Trinajstić information content (AvgIpc) is 3.18. The van der Waals surface area contributed by atoms with Gasteiger partial charge in [-0.25, -0.2) is 8.42 Å². The van der Waals surface area contributed by atoms with Gasteiger partial charge in [-0.2, -0.15) is 4.31 Å². The van der Waals surface area contributed by atoms with Crippen LogP contribution in [0.5, 0.6) is 0 Å². The van der Waals surface area contributed by atoms with E-state index in [-0.39, 0.29) is 29.7 Å². The van der Waals surface area contributed by atoms with E-state index in [1.54, 1.807) is 6.07 Å². The van der Waals surface area contributed by atoms with Crippen molar-refractivity contribution < 1.29 is 12.9 Å². The van der Waals surface area contributed by atoms with Gasteiger partial charge in [0.2, 0.25) is 10.0 Å². The summed E-state index contributed by atoms with van der Waals surface area (Å²) in [5.74, 6) is 1.56. The summed E-state index contributed by atoms with van der Waals surface area (Å²) in [5, 5.41) is 7.06. The third-order valence-electron chi connectivity index (χ3n) is 5.04. The van der Waals surface area contributed by atoms with Crippen LogP contribution in [0.15, 0.2) is 21.8 Å². The van der Waals surface area contributed by atoms with Crippen molar-refractivity contribution in [2.75, 3.05) is 39.3 Å². The van der Waals surface area contributed by atoms with E-state index in [0.29, 0.717) is 31.9 Å². The van der Waals surface area contributed by atoms with Crippen LogP contribution in [0.2, 0.25) is 0 Å². The highest BCUT2D eigenvalue weighted by Gasteiger charge is 2.28. The summed E-state index contributed by atoms with van der Waals surface area (Å²) in [6.07, 6.45) is 7.57. The van der Waals surface area contributed by atoms with Gasteiger partial charge in [0.15, 0.2) is 5.96 Å². The Morgan fingerprint density at radius 3 is 2.50 bits per heavy atom. The number of hydrogen-bond donors (Lipinski definition) is 1. The second kappa shape index (κ2) is 14.2. The van der Waals surface area contributed by atoms with Crippen molar-refractivity contribution in [3.8, 4) is 0 Å². The molecular weight excluding hydrogens is 517 g/mol. The molecular formula is C20H38IN5O3S. The van der Waals surface area contributed by atoms with Gasteiger partial charge in [-0.05, 0) is 19.3 Å². The van der Waals surface area contributed by atoms with E-state index in [1.807, 2.05) is 0 Å². The van der Waals surface area contributed by atoms with Crippen LogP contribution in [0.4, 0.5) is 0 Å². The molecule has 0 spiro atoms. The summed E-state index contributed by atoms with van der Waals surface area (Å²) in [5.41, 5.74) is 0.440. The highest BCUT2D eigenvalue weighted by molar-refractivity contribution is 14.0. The number of piperazine rings is 1. The lowest BCUT2D eigenvalue weighted by Crippen LogP contribution is -2.53. The molecule has 0 atom stereocenters. The lowest BCUT2D eigenvalue weighted by atomic mass is 10.0. The van der Waals surface area contributed by atoms with Crippen molar-refractivity contribution in [1.82, 2.24) is 19.7 Å². The Morgan fingerprint density at radius 1 is 1.20 bits per heavy atom. The highest BCUT2D eigenvalue weighted by atomic mass is 127. The monoisotopic (exact) mass is 555 g/mol. The largest absolute Gasteiger partial charge is 0.364 e. The molecule has 0 bridgehead atoms. The SMILES string of the molecule is CCNC(=NCCCCCCC(C)C)N1CCN(S(=O)(=O)Cc2ccon2)CC1.I. The summed E-state index contributed by atoms with van der Waals surface area (Å²) in [6, 6.07) is 1.59. The van der Waals surface area contributed by atoms with Crippen molar-refractivity contribution in [3.63, 3.8) is 0 Å². The molecule has 0 saturated carbocycles. The fourth-order valence-electron chi connectivity index (χ4n) is 3.40. The number of nitrogens with one attached hydrogen (secondary N) is 1. The Labute approximate surface area is 198 Å². The zero-order valence-electron chi connectivity index (χ0n) is 18.5. The van der Waals surface area contributed by atoms with E-state index >= 15 is 0 Å². The molecule has 1 aromatic heterocycles. The van der Waals surface area contributed by atoms with Gasteiger partial charge in [0.1, 0.15) is 12.0 Å². The maximum Gasteiger partial charge on any atom is 0.220 e. The normalized spacial score (nSPS) is 16.0. The van der Waals surface area contributed by atoms with Crippen LogP contribution in [0, 0.1) is 5.92 Å². The standard InChI is InChI=1S/C20H37N5O3S.HI/c1-4-21-20(22-11-8-6-5-7-9-18(2)3)24-12-14-25(15-13-24)29(26,27)17-19-10-16-28-23-19;/h10,16,18H,4-9,11-15,17H2,1-3H3,(H,21,22);1H. The lowest BCUT2D eigenvalue weighted by Gasteiger charge is -2.35. The minimum absolute atomic E-state index is 0. The smallest absolute Gasteiger partial charge is 0.220 e. The summed E-state index contributed by atoms with van der Waals surface area (Å²) >= 11 is 0. The molecule has 2 rings (SSSR count). The number of halogens is 1. The van der Waals surface area contributed by atoms with Gasteiger partial charge in [-0.3, -0.25) is 4.99 Å². The van der Waals surface area contributed by atoms with E-state index in [9.17, 15) is 8.42 Å². The molecule has 1 aliphatic heterocycles. The Morgan fingerprint density at radius 2 is 1.90 bits per heavy atom. The van der Waals surface area contributed by atoms with Gasteiger partial charge in [-0.15, -0.1) is 24.0 Å². The van der Waals surface area contributed by atoms with Gasteiger partial charge in [-0.1, -0.05) is 44.7 Å². The van der Waals surface area contributed by atoms with Crippen LogP contribution < -0.4 is 5.32 Å². The minimum atomic E-state index is -3.38. The summed E-state index contributed by atoms with van der Waals surface area (Å²) in [7, 11) is -3.38. The first kappa shape index (κ1) is 27.2. The number of sulfonamides is 1. The van der Waals surface area contributed by atoms with E-state index in [2.05, 4.69) is 36.1 Å². The third-order valence-corrected chi connectivity index (χ3v) is 6.85. The number of nitrogens with zero attached hydrogens (tertiary/aromatic N) is 4. The Kier molecular flexibility index (Phi) is 12.9.